The Bertz CT molecular complexity index is 169. The third-order valence-corrected chi connectivity index (χ3v) is 2.16. The maximum atomic E-state index is 11.2. The third-order valence-electron chi connectivity index (χ3n) is 2.16. The second kappa shape index (κ2) is 6.79. The number of hydrogen-bond acceptors (Lipinski definition) is 4. The van der Waals surface area contributed by atoms with Crippen LogP contribution in [0.3, 0.4) is 0 Å². The first kappa shape index (κ1) is 11.5. The molecule has 0 aromatic rings. The summed E-state index contributed by atoms with van der Waals surface area (Å²) in [5.74, 6) is 0.385. The van der Waals surface area contributed by atoms with Crippen LogP contribution in [0.25, 0.3) is 0 Å². The minimum Gasteiger partial charge on any atom is -0.463 e. The first-order chi connectivity index (χ1) is 6.83. The SMILES string of the molecule is CCCOCCOC(=O)CC1CNC1. The highest BCUT2D eigenvalue weighted by Crippen LogP contribution is 2.08. The summed E-state index contributed by atoms with van der Waals surface area (Å²) in [4.78, 5) is 11.2. The van der Waals surface area contributed by atoms with Crippen LogP contribution < -0.4 is 5.32 Å². The van der Waals surface area contributed by atoms with Crippen molar-refractivity contribution >= 4 is 5.97 Å². The molecule has 14 heavy (non-hydrogen) atoms. The van der Waals surface area contributed by atoms with Gasteiger partial charge in [0.05, 0.1) is 13.0 Å². The molecule has 0 saturated carbocycles. The molecule has 0 aromatic heterocycles. The van der Waals surface area contributed by atoms with Gasteiger partial charge >= 0.3 is 5.97 Å². The van der Waals surface area contributed by atoms with Crippen LogP contribution in [0.4, 0.5) is 0 Å². The van der Waals surface area contributed by atoms with Crippen molar-refractivity contribution in [2.75, 3.05) is 32.9 Å². The van der Waals surface area contributed by atoms with E-state index in [-0.39, 0.29) is 5.97 Å². The monoisotopic (exact) mass is 201 g/mol. The molecule has 1 aliphatic rings. The van der Waals surface area contributed by atoms with Gasteiger partial charge in [0.15, 0.2) is 0 Å². The van der Waals surface area contributed by atoms with Gasteiger partial charge in [-0.25, -0.2) is 0 Å². The van der Waals surface area contributed by atoms with Crippen molar-refractivity contribution in [1.29, 1.82) is 0 Å². The molecular formula is C10H19NO3. The highest BCUT2D eigenvalue weighted by Gasteiger charge is 2.20. The van der Waals surface area contributed by atoms with Crippen LogP contribution in [-0.4, -0.2) is 38.9 Å². The molecule has 1 saturated heterocycles. The van der Waals surface area contributed by atoms with Gasteiger partial charge in [0, 0.05) is 6.61 Å². The summed E-state index contributed by atoms with van der Waals surface area (Å²) < 4.78 is 10.2. The summed E-state index contributed by atoms with van der Waals surface area (Å²) in [5, 5.41) is 3.12. The van der Waals surface area contributed by atoms with Crippen LogP contribution in [0.5, 0.6) is 0 Å². The molecule has 1 heterocycles. The zero-order chi connectivity index (χ0) is 10.2. The van der Waals surface area contributed by atoms with E-state index in [0.29, 0.717) is 25.6 Å². The smallest absolute Gasteiger partial charge is 0.306 e. The van der Waals surface area contributed by atoms with Gasteiger partial charge in [-0.1, -0.05) is 6.92 Å². The van der Waals surface area contributed by atoms with Crippen LogP contribution in [0.2, 0.25) is 0 Å². The zero-order valence-electron chi connectivity index (χ0n) is 8.75. The Labute approximate surface area is 85.0 Å². The lowest BCUT2D eigenvalue weighted by atomic mass is 10.00. The molecule has 4 nitrogen and oxygen atoms in total. The Hall–Kier alpha value is -0.610. The fourth-order valence-electron chi connectivity index (χ4n) is 1.25. The van der Waals surface area contributed by atoms with Crippen molar-refractivity contribution in [3.05, 3.63) is 0 Å². The fourth-order valence-corrected chi connectivity index (χ4v) is 1.25. The maximum Gasteiger partial charge on any atom is 0.306 e. The topological polar surface area (TPSA) is 47.6 Å². The highest BCUT2D eigenvalue weighted by molar-refractivity contribution is 5.69. The molecule has 0 radical (unpaired) electrons. The van der Waals surface area contributed by atoms with E-state index in [0.717, 1.165) is 26.1 Å². The van der Waals surface area contributed by atoms with Crippen LogP contribution in [0.15, 0.2) is 0 Å². The van der Waals surface area contributed by atoms with Crippen molar-refractivity contribution in [3.8, 4) is 0 Å². The van der Waals surface area contributed by atoms with E-state index in [1.807, 2.05) is 0 Å². The molecule has 1 aliphatic heterocycles. The van der Waals surface area contributed by atoms with Crippen molar-refractivity contribution in [2.24, 2.45) is 5.92 Å². The number of nitrogens with one attached hydrogen (secondary N) is 1. The minimum absolute atomic E-state index is 0.100. The molecule has 1 fully saturated rings. The molecule has 0 aliphatic carbocycles. The summed E-state index contributed by atoms with van der Waals surface area (Å²) in [6.45, 7) is 5.59. The van der Waals surface area contributed by atoms with Crippen molar-refractivity contribution in [3.63, 3.8) is 0 Å². The lowest BCUT2D eigenvalue weighted by Gasteiger charge is -2.25. The summed E-state index contributed by atoms with van der Waals surface area (Å²) in [5.41, 5.74) is 0. The van der Waals surface area contributed by atoms with Gasteiger partial charge in [0.1, 0.15) is 6.61 Å². The third kappa shape index (κ3) is 4.58. The first-order valence-corrected chi connectivity index (χ1v) is 5.27. The Morgan fingerprint density at radius 3 is 2.71 bits per heavy atom. The van der Waals surface area contributed by atoms with E-state index in [4.69, 9.17) is 9.47 Å². The zero-order valence-corrected chi connectivity index (χ0v) is 8.75. The van der Waals surface area contributed by atoms with Gasteiger partial charge < -0.3 is 14.8 Å². The largest absolute Gasteiger partial charge is 0.463 e. The maximum absolute atomic E-state index is 11.2. The fraction of sp³-hybridized carbons (Fsp3) is 0.900. The van der Waals surface area contributed by atoms with Crippen LogP contribution in [0, 0.1) is 5.92 Å². The van der Waals surface area contributed by atoms with E-state index in [9.17, 15) is 4.79 Å². The van der Waals surface area contributed by atoms with E-state index < -0.39 is 0 Å². The lowest BCUT2D eigenvalue weighted by molar-refractivity contribution is -0.146. The van der Waals surface area contributed by atoms with Crippen molar-refractivity contribution in [2.45, 2.75) is 19.8 Å². The number of rotatable bonds is 7. The molecule has 0 amide bonds. The number of carbonyl (C=O) groups excluding carboxylic acids is 1. The number of esters is 1. The average molecular weight is 201 g/mol. The van der Waals surface area contributed by atoms with Gasteiger partial charge in [-0.3, -0.25) is 4.79 Å². The van der Waals surface area contributed by atoms with E-state index in [1.54, 1.807) is 0 Å². The van der Waals surface area contributed by atoms with Gasteiger partial charge in [-0.05, 0) is 25.4 Å². The quantitative estimate of drug-likeness (QED) is 0.483. The molecule has 0 aromatic carbocycles. The summed E-state index contributed by atoms with van der Waals surface area (Å²) in [6, 6.07) is 0. The van der Waals surface area contributed by atoms with E-state index in [1.165, 1.54) is 0 Å². The molecule has 1 rings (SSSR count). The second-order valence-electron chi connectivity index (χ2n) is 3.56. The number of carbonyl (C=O) groups is 1. The first-order valence-electron chi connectivity index (χ1n) is 5.27. The molecule has 0 bridgehead atoms. The standard InChI is InChI=1S/C10H19NO3/c1-2-3-13-4-5-14-10(12)6-9-7-11-8-9/h9,11H,2-8H2,1H3. The van der Waals surface area contributed by atoms with Crippen LogP contribution in [-0.2, 0) is 14.3 Å². The van der Waals surface area contributed by atoms with Crippen molar-refractivity contribution < 1.29 is 14.3 Å². The Balaban J connectivity index is 1.87. The van der Waals surface area contributed by atoms with Gasteiger partial charge in [0.2, 0.25) is 0 Å². The van der Waals surface area contributed by atoms with Crippen molar-refractivity contribution in [1.82, 2.24) is 5.32 Å². The summed E-state index contributed by atoms with van der Waals surface area (Å²) in [6.07, 6.45) is 1.54. The second-order valence-corrected chi connectivity index (χ2v) is 3.56. The normalized spacial score (nSPS) is 16.4. The average Bonchev–Trinajstić information content (AvgIpc) is 2.11. The predicted molar refractivity (Wildman–Crippen MR) is 53.0 cm³/mol. The summed E-state index contributed by atoms with van der Waals surface area (Å²) >= 11 is 0. The van der Waals surface area contributed by atoms with Crippen LogP contribution in [0.1, 0.15) is 19.8 Å². The summed E-state index contributed by atoms with van der Waals surface area (Å²) in [7, 11) is 0. The molecular weight excluding hydrogens is 182 g/mol. The molecule has 0 atom stereocenters. The van der Waals surface area contributed by atoms with E-state index >= 15 is 0 Å². The Kier molecular flexibility index (Phi) is 5.56. The Morgan fingerprint density at radius 1 is 1.36 bits per heavy atom. The lowest BCUT2D eigenvalue weighted by Crippen LogP contribution is -2.43. The van der Waals surface area contributed by atoms with Gasteiger partial charge in [-0.15, -0.1) is 0 Å². The minimum atomic E-state index is -0.100. The predicted octanol–water partition coefficient (Wildman–Crippen LogP) is 0.566. The van der Waals surface area contributed by atoms with Gasteiger partial charge in [0.25, 0.3) is 0 Å². The van der Waals surface area contributed by atoms with Gasteiger partial charge in [-0.2, -0.15) is 0 Å². The molecule has 0 spiro atoms. The number of ether oxygens (including phenoxy) is 2. The molecule has 1 N–H and O–H groups in total. The molecule has 82 valence electrons. The Morgan fingerprint density at radius 2 is 2.14 bits per heavy atom. The molecule has 0 unspecified atom stereocenters. The van der Waals surface area contributed by atoms with E-state index in [2.05, 4.69) is 12.2 Å². The number of hydrogen-bond donors (Lipinski definition) is 1. The highest BCUT2D eigenvalue weighted by atomic mass is 16.6. The van der Waals surface area contributed by atoms with Crippen LogP contribution >= 0.6 is 0 Å². The molecule has 4 heteroatoms.